The van der Waals surface area contributed by atoms with Crippen molar-refractivity contribution in [3.05, 3.63) is 38.5 Å². The molecule has 1 heterocycles. The summed E-state index contributed by atoms with van der Waals surface area (Å²) in [7, 11) is 0. The van der Waals surface area contributed by atoms with E-state index in [1.54, 1.807) is 6.07 Å². The summed E-state index contributed by atoms with van der Waals surface area (Å²) in [6, 6.07) is 2.39. The molecular formula is C11H4Cl3F3N4. The van der Waals surface area contributed by atoms with E-state index in [1.165, 1.54) is 0 Å². The van der Waals surface area contributed by atoms with Crippen molar-refractivity contribution < 1.29 is 13.2 Å². The molecular weight excluding hydrogens is 352 g/mol. The van der Waals surface area contributed by atoms with Gasteiger partial charge in [-0.15, -0.1) is 0 Å². The number of nitriles is 1. The minimum absolute atomic E-state index is 0.0261. The quantitative estimate of drug-likeness (QED) is 0.775. The SMILES string of the molecule is N#Cc1cnn(-c2c(Cl)cc(C(F)(F)F)c(Cl)c2Cl)c1N. The fraction of sp³-hybridized carbons (Fsp3) is 0.0909. The van der Waals surface area contributed by atoms with Crippen molar-refractivity contribution in [2.75, 3.05) is 5.73 Å². The topological polar surface area (TPSA) is 67.6 Å². The molecule has 110 valence electrons. The third-order valence-electron chi connectivity index (χ3n) is 2.58. The van der Waals surface area contributed by atoms with E-state index < -0.39 is 21.8 Å². The second kappa shape index (κ2) is 5.30. The van der Waals surface area contributed by atoms with Crippen LogP contribution in [0.1, 0.15) is 11.1 Å². The maximum Gasteiger partial charge on any atom is 0.417 e. The fourth-order valence-corrected chi connectivity index (χ4v) is 2.47. The number of nitrogen functional groups attached to an aromatic ring is 1. The standard InChI is InChI=1S/C11H4Cl3F3N4/c12-6-1-5(11(15,16)17)7(13)8(14)9(6)21-10(19)4(2-18)3-20-21/h1,3H,19H2. The van der Waals surface area contributed by atoms with Crippen molar-refractivity contribution >= 4 is 40.6 Å². The number of nitrogens with two attached hydrogens (primary N) is 1. The number of hydrogen-bond acceptors (Lipinski definition) is 3. The molecule has 10 heteroatoms. The van der Waals surface area contributed by atoms with E-state index in [4.69, 9.17) is 45.8 Å². The summed E-state index contributed by atoms with van der Waals surface area (Å²) in [5.41, 5.74) is 4.38. The molecule has 0 spiro atoms. The number of alkyl halides is 3. The molecule has 0 saturated carbocycles. The Morgan fingerprint density at radius 2 is 1.86 bits per heavy atom. The van der Waals surface area contributed by atoms with Crippen LogP contribution >= 0.6 is 34.8 Å². The molecule has 0 saturated heterocycles. The van der Waals surface area contributed by atoms with Crippen molar-refractivity contribution in [2.45, 2.75) is 6.18 Å². The summed E-state index contributed by atoms with van der Waals surface area (Å²) in [4.78, 5) is 0. The second-order valence-electron chi connectivity index (χ2n) is 3.85. The maximum absolute atomic E-state index is 12.8. The van der Waals surface area contributed by atoms with Crippen LogP contribution in [0.25, 0.3) is 5.69 Å². The molecule has 0 fully saturated rings. The number of benzene rings is 1. The van der Waals surface area contributed by atoms with Gasteiger partial charge < -0.3 is 5.73 Å². The van der Waals surface area contributed by atoms with Gasteiger partial charge in [-0.1, -0.05) is 34.8 Å². The molecule has 2 aromatic rings. The van der Waals surface area contributed by atoms with Gasteiger partial charge in [-0.05, 0) is 6.07 Å². The Morgan fingerprint density at radius 1 is 1.24 bits per heavy atom. The first-order valence-electron chi connectivity index (χ1n) is 5.17. The van der Waals surface area contributed by atoms with Crippen molar-refractivity contribution in [1.29, 1.82) is 5.26 Å². The molecule has 0 aliphatic rings. The lowest BCUT2D eigenvalue weighted by molar-refractivity contribution is -0.137. The van der Waals surface area contributed by atoms with E-state index in [0.29, 0.717) is 6.07 Å². The highest BCUT2D eigenvalue weighted by Gasteiger charge is 2.36. The first-order valence-corrected chi connectivity index (χ1v) is 6.30. The van der Waals surface area contributed by atoms with Crippen molar-refractivity contribution in [3.63, 3.8) is 0 Å². The first kappa shape index (κ1) is 15.8. The monoisotopic (exact) mass is 354 g/mol. The predicted molar refractivity (Wildman–Crippen MR) is 72.7 cm³/mol. The van der Waals surface area contributed by atoms with Crippen LogP contribution in [0.3, 0.4) is 0 Å². The Hall–Kier alpha value is -1.62. The molecule has 4 nitrogen and oxygen atoms in total. The highest BCUT2D eigenvalue weighted by atomic mass is 35.5. The number of aromatic nitrogens is 2. The highest BCUT2D eigenvalue weighted by molar-refractivity contribution is 6.45. The van der Waals surface area contributed by atoms with Gasteiger partial charge in [0.15, 0.2) is 0 Å². The third kappa shape index (κ3) is 2.62. The molecule has 0 amide bonds. The summed E-state index contributed by atoms with van der Waals surface area (Å²) in [5.74, 6) is -0.114. The number of hydrogen-bond donors (Lipinski definition) is 1. The minimum Gasteiger partial charge on any atom is -0.382 e. The summed E-state index contributed by atoms with van der Waals surface area (Å²) in [6.45, 7) is 0. The molecule has 21 heavy (non-hydrogen) atoms. The van der Waals surface area contributed by atoms with Gasteiger partial charge in [0.1, 0.15) is 23.1 Å². The Kier molecular flexibility index (Phi) is 3.97. The van der Waals surface area contributed by atoms with Crippen LogP contribution in [-0.2, 0) is 6.18 Å². The van der Waals surface area contributed by atoms with E-state index in [9.17, 15) is 13.2 Å². The van der Waals surface area contributed by atoms with Crippen LogP contribution in [0.5, 0.6) is 0 Å². The fourth-order valence-electron chi connectivity index (χ4n) is 1.61. The van der Waals surface area contributed by atoms with Crippen LogP contribution in [0.15, 0.2) is 12.3 Å². The summed E-state index contributed by atoms with van der Waals surface area (Å²) < 4.78 is 39.3. The number of rotatable bonds is 1. The van der Waals surface area contributed by atoms with Gasteiger partial charge in [0.2, 0.25) is 0 Å². The molecule has 0 bridgehead atoms. The van der Waals surface area contributed by atoms with Gasteiger partial charge in [0, 0.05) is 0 Å². The zero-order valence-corrected chi connectivity index (χ0v) is 12.1. The van der Waals surface area contributed by atoms with Crippen LogP contribution in [0, 0.1) is 11.3 Å². The number of nitrogens with zero attached hydrogens (tertiary/aromatic N) is 3. The Balaban J connectivity index is 2.75. The van der Waals surface area contributed by atoms with Crippen molar-refractivity contribution in [1.82, 2.24) is 9.78 Å². The smallest absolute Gasteiger partial charge is 0.382 e. The predicted octanol–water partition coefficient (Wildman–Crippen LogP) is 4.31. The van der Waals surface area contributed by atoms with Crippen LogP contribution in [0.2, 0.25) is 15.1 Å². The van der Waals surface area contributed by atoms with Crippen molar-refractivity contribution in [3.8, 4) is 11.8 Å². The average molecular weight is 356 g/mol. The lowest BCUT2D eigenvalue weighted by Gasteiger charge is -2.15. The third-order valence-corrected chi connectivity index (χ3v) is 3.72. The summed E-state index contributed by atoms with van der Waals surface area (Å²) in [5, 5.41) is 11.0. The van der Waals surface area contributed by atoms with Crippen LogP contribution < -0.4 is 5.73 Å². The maximum atomic E-state index is 12.8. The lowest BCUT2D eigenvalue weighted by atomic mass is 10.2. The molecule has 1 aromatic heterocycles. The zero-order valence-electron chi connectivity index (χ0n) is 9.84. The van der Waals surface area contributed by atoms with Gasteiger partial charge >= 0.3 is 6.18 Å². The Morgan fingerprint density at radius 3 is 2.33 bits per heavy atom. The van der Waals surface area contributed by atoms with Crippen LogP contribution in [-0.4, -0.2) is 9.78 Å². The molecule has 0 aliphatic heterocycles. The number of halogens is 6. The van der Waals surface area contributed by atoms with Gasteiger partial charge in [-0.3, -0.25) is 0 Å². The average Bonchev–Trinajstić information content (AvgIpc) is 2.74. The number of anilines is 1. The normalized spacial score (nSPS) is 11.5. The Bertz CT molecular complexity index is 762. The zero-order chi connectivity index (χ0) is 15.9. The van der Waals surface area contributed by atoms with Gasteiger partial charge in [-0.25, -0.2) is 4.68 Å². The van der Waals surface area contributed by atoms with Gasteiger partial charge in [-0.2, -0.15) is 23.5 Å². The van der Waals surface area contributed by atoms with E-state index in [0.717, 1.165) is 10.9 Å². The molecule has 2 N–H and O–H groups in total. The summed E-state index contributed by atoms with van der Waals surface area (Å²) >= 11 is 17.3. The van der Waals surface area contributed by atoms with E-state index in [-0.39, 0.29) is 22.1 Å². The summed E-state index contributed by atoms with van der Waals surface area (Å²) in [6.07, 6.45) is -3.58. The largest absolute Gasteiger partial charge is 0.417 e. The van der Waals surface area contributed by atoms with Crippen LogP contribution in [0.4, 0.5) is 19.0 Å². The van der Waals surface area contributed by atoms with E-state index in [1.807, 2.05) is 0 Å². The Labute approximate surface area is 131 Å². The molecule has 0 unspecified atom stereocenters. The van der Waals surface area contributed by atoms with Crippen molar-refractivity contribution in [2.24, 2.45) is 0 Å². The molecule has 1 aromatic carbocycles. The molecule has 2 rings (SSSR count). The highest BCUT2D eigenvalue weighted by Crippen LogP contribution is 2.44. The van der Waals surface area contributed by atoms with E-state index in [2.05, 4.69) is 5.10 Å². The first-order chi connectivity index (χ1) is 9.68. The van der Waals surface area contributed by atoms with Gasteiger partial charge in [0.25, 0.3) is 0 Å². The van der Waals surface area contributed by atoms with Gasteiger partial charge in [0.05, 0.1) is 26.8 Å². The second-order valence-corrected chi connectivity index (χ2v) is 5.01. The molecule has 0 radical (unpaired) electrons. The molecule has 0 aliphatic carbocycles. The molecule has 0 atom stereocenters. The van der Waals surface area contributed by atoms with E-state index >= 15 is 0 Å². The lowest BCUT2D eigenvalue weighted by Crippen LogP contribution is -2.10. The minimum atomic E-state index is -4.71.